The Labute approximate surface area is 119 Å². The maximum absolute atomic E-state index is 12.7. The third kappa shape index (κ3) is 2.93. The molecule has 4 nitrogen and oxygen atoms in total. The molecule has 0 saturated heterocycles. The van der Waals surface area contributed by atoms with E-state index in [1.807, 2.05) is 6.92 Å². The Kier molecular flexibility index (Phi) is 4.29. The lowest BCUT2D eigenvalue weighted by molar-refractivity contribution is 0.590. The van der Waals surface area contributed by atoms with Crippen molar-refractivity contribution in [1.82, 2.24) is 0 Å². The number of benzene rings is 2. The number of nitrogens with zero attached hydrogens (tertiary/aromatic N) is 1. The molecule has 5 heteroatoms. The maximum Gasteiger partial charge on any atom is 0.264 e. The normalized spacial score (nSPS) is 11.2. The largest absolute Gasteiger partial charge is 0.399 e. The molecular formula is C15H18N2O2S. The minimum atomic E-state index is -3.56. The molecule has 0 heterocycles. The highest BCUT2D eigenvalue weighted by Crippen LogP contribution is 2.25. The third-order valence-corrected chi connectivity index (χ3v) is 4.76. The Morgan fingerprint density at radius 1 is 1.05 bits per heavy atom. The molecule has 0 atom stereocenters. The molecule has 2 aromatic rings. The smallest absolute Gasteiger partial charge is 0.264 e. The SMILES string of the molecule is CCCN(c1cccc(N)c1)S(=O)(=O)c1ccccc1. The fraction of sp³-hybridized carbons (Fsp3) is 0.200. The highest BCUT2D eigenvalue weighted by Gasteiger charge is 2.23. The molecule has 20 heavy (non-hydrogen) atoms. The van der Waals surface area contributed by atoms with Crippen LogP contribution >= 0.6 is 0 Å². The Morgan fingerprint density at radius 2 is 1.75 bits per heavy atom. The van der Waals surface area contributed by atoms with Crippen LogP contribution in [-0.4, -0.2) is 15.0 Å². The summed E-state index contributed by atoms with van der Waals surface area (Å²) in [6.07, 6.45) is 0.723. The fourth-order valence-electron chi connectivity index (χ4n) is 1.99. The summed E-state index contributed by atoms with van der Waals surface area (Å²) in [7, 11) is -3.56. The van der Waals surface area contributed by atoms with Crippen molar-refractivity contribution in [2.45, 2.75) is 18.2 Å². The summed E-state index contributed by atoms with van der Waals surface area (Å²) in [5.74, 6) is 0. The number of nitrogen functional groups attached to an aromatic ring is 1. The molecule has 0 aliphatic rings. The summed E-state index contributed by atoms with van der Waals surface area (Å²) in [5, 5.41) is 0. The van der Waals surface area contributed by atoms with E-state index < -0.39 is 10.0 Å². The highest BCUT2D eigenvalue weighted by molar-refractivity contribution is 7.92. The molecule has 2 N–H and O–H groups in total. The van der Waals surface area contributed by atoms with E-state index in [4.69, 9.17) is 5.73 Å². The second kappa shape index (κ2) is 5.96. The van der Waals surface area contributed by atoms with Crippen LogP contribution in [0.2, 0.25) is 0 Å². The molecule has 2 rings (SSSR count). The number of hydrogen-bond donors (Lipinski definition) is 1. The van der Waals surface area contributed by atoms with Gasteiger partial charge >= 0.3 is 0 Å². The highest BCUT2D eigenvalue weighted by atomic mass is 32.2. The minimum Gasteiger partial charge on any atom is -0.399 e. The van der Waals surface area contributed by atoms with Crippen LogP contribution in [0.3, 0.4) is 0 Å². The Balaban J connectivity index is 2.48. The summed E-state index contributed by atoms with van der Waals surface area (Å²) in [6.45, 7) is 2.36. The van der Waals surface area contributed by atoms with Crippen molar-refractivity contribution in [3.05, 3.63) is 54.6 Å². The van der Waals surface area contributed by atoms with Gasteiger partial charge in [-0.15, -0.1) is 0 Å². The van der Waals surface area contributed by atoms with E-state index in [1.165, 1.54) is 4.31 Å². The van der Waals surface area contributed by atoms with Crippen molar-refractivity contribution in [3.63, 3.8) is 0 Å². The monoisotopic (exact) mass is 290 g/mol. The van der Waals surface area contributed by atoms with Gasteiger partial charge in [-0.05, 0) is 36.8 Å². The molecule has 0 aliphatic carbocycles. The third-order valence-electron chi connectivity index (χ3n) is 2.92. The van der Waals surface area contributed by atoms with E-state index in [-0.39, 0.29) is 4.90 Å². The van der Waals surface area contributed by atoms with Gasteiger partial charge in [0, 0.05) is 12.2 Å². The van der Waals surface area contributed by atoms with Crippen LogP contribution in [0.25, 0.3) is 0 Å². The number of sulfonamides is 1. The van der Waals surface area contributed by atoms with Crippen LogP contribution in [-0.2, 0) is 10.0 Å². The molecule has 0 bridgehead atoms. The number of hydrogen-bond acceptors (Lipinski definition) is 3. The van der Waals surface area contributed by atoms with Gasteiger partial charge in [0.1, 0.15) is 0 Å². The first-order valence-electron chi connectivity index (χ1n) is 6.49. The molecular weight excluding hydrogens is 272 g/mol. The van der Waals surface area contributed by atoms with Crippen LogP contribution in [0.1, 0.15) is 13.3 Å². The summed E-state index contributed by atoms with van der Waals surface area (Å²) in [6, 6.07) is 15.4. The number of nitrogens with two attached hydrogens (primary N) is 1. The Bertz CT molecular complexity index is 669. The zero-order valence-corrected chi connectivity index (χ0v) is 12.2. The topological polar surface area (TPSA) is 63.4 Å². The second-order valence-corrected chi connectivity index (χ2v) is 6.35. The van der Waals surface area contributed by atoms with Crippen molar-refractivity contribution >= 4 is 21.4 Å². The fourth-order valence-corrected chi connectivity index (χ4v) is 3.56. The molecule has 0 saturated carbocycles. The van der Waals surface area contributed by atoms with Crippen LogP contribution in [0.15, 0.2) is 59.5 Å². The first-order chi connectivity index (χ1) is 9.55. The molecule has 0 amide bonds. The summed E-state index contributed by atoms with van der Waals surface area (Å²) < 4.78 is 26.8. The van der Waals surface area contributed by atoms with Crippen LogP contribution in [0.4, 0.5) is 11.4 Å². The van der Waals surface area contributed by atoms with Gasteiger partial charge in [-0.25, -0.2) is 8.42 Å². The van der Waals surface area contributed by atoms with E-state index in [2.05, 4.69) is 0 Å². The van der Waals surface area contributed by atoms with Crippen LogP contribution in [0.5, 0.6) is 0 Å². The lowest BCUT2D eigenvalue weighted by atomic mass is 10.3. The van der Waals surface area contributed by atoms with Gasteiger partial charge in [0.2, 0.25) is 0 Å². The van der Waals surface area contributed by atoms with E-state index >= 15 is 0 Å². The van der Waals surface area contributed by atoms with Gasteiger partial charge in [0.05, 0.1) is 10.6 Å². The van der Waals surface area contributed by atoms with Crippen molar-refractivity contribution in [2.24, 2.45) is 0 Å². The summed E-state index contributed by atoms with van der Waals surface area (Å²) in [5.41, 5.74) is 6.89. The lowest BCUT2D eigenvalue weighted by Crippen LogP contribution is -2.31. The van der Waals surface area contributed by atoms with Crippen molar-refractivity contribution in [1.29, 1.82) is 0 Å². The zero-order chi connectivity index (χ0) is 14.6. The van der Waals surface area contributed by atoms with Gasteiger partial charge in [-0.2, -0.15) is 0 Å². The summed E-state index contributed by atoms with van der Waals surface area (Å²) >= 11 is 0. The molecule has 0 aromatic heterocycles. The molecule has 0 aliphatic heterocycles. The van der Waals surface area contributed by atoms with E-state index in [1.54, 1.807) is 54.6 Å². The van der Waals surface area contributed by atoms with Gasteiger partial charge in [-0.1, -0.05) is 31.2 Å². The molecule has 106 valence electrons. The molecule has 2 aromatic carbocycles. The van der Waals surface area contributed by atoms with Crippen molar-refractivity contribution in [2.75, 3.05) is 16.6 Å². The molecule has 0 radical (unpaired) electrons. The number of rotatable bonds is 5. The van der Waals surface area contributed by atoms with Crippen LogP contribution < -0.4 is 10.0 Å². The standard InChI is InChI=1S/C15H18N2O2S/c1-2-11-17(14-8-6-7-13(16)12-14)20(18,19)15-9-4-3-5-10-15/h3-10,12H,2,11,16H2,1H3. The number of anilines is 2. The quantitative estimate of drug-likeness (QED) is 0.861. The average molecular weight is 290 g/mol. The average Bonchev–Trinajstić information content (AvgIpc) is 2.45. The molecule has 0 unspecified atom stereocenters. The first kappa shape index (κ1) is 14.4. The van der Waals surface area contributed by atoms with Gasteiger partial charge in [0.15, 0.2) is 0 Å². The van der Waals surface area contributed by atoms with Crippen molar-refractivity contribution < 1.29 is 8.42 Å². The Morgan fingerprint density at radius 3 is 2.35 bits per heavy atom. The van der Waals surface area contributed by atoms with Gasteiger partial charge in [-0.3, -0.25) is 4.31 Å². The second-order valence-electron chi connectivity index (χ2n) is 4.49. The molecule has 0 spiro atoms. The van der Waals surface area contributed by atoms with E-state index in [9.17, 15) is 8.42 Å². The first-order valence-corrected chi connectivity index (χ1v) is 7.93. The van der Waals surface area contributed by atoms with E-state index in [0.717, 1.165) is 6.42 Å². The van der Waals surface area contributed by atoms with E-state index in [0.29, 0.717) is 17.9 Å². The maximum atomic E-state index is 12.7. The van der Waals surface area contributed by atoms with Crippen LogP contribution in [0, 0.1) is 0 Å². The Hall–Kier alpha value is -2.01. The summed E-state index contributed by atoms with van der Waals surface area (Å²) in [4.78, 5) is 0.288. The predicted molar refractivity (Wildman–Crippen MR) is 82.1 cm³/mol. The van der Waals surface area contributed by atoms with Gasteiger partial charge in [0.25, 0.3) is 10.0 Å². The zero-order valence-electron chi connectivity index (χ0n) is 11.4. The minimum absolute atomic E-state index is 0.288. The predicted octanol–water partition coefficient (Wildman–Crippen LogP) is 2.87. The molecule has 0 fully saturated rings. The lowest BCUT2D eigenvalue weighted by Gasteiger charge is -2.24. The van der Waals surface area contributed by atoms with Crippen molar-refractivity contribution in [3.8, 4) is 0 Å². The van der Waals surface area contributed by atoms with Gasteiger partial charge < -0.3 is 5.73 Å².